The molecule has 2 unspecified atom stereocenters. The summed E-state index contributed by atoms with van der Waals surface area (Å²) in [5.74, 6) is -1.86. The quantitative estimate of drug-likeness (QED) is 0.356. The first-order valence-corrected chi connectivity index (χ1v) is 12.2. The molecule has 0 spiro atoms. The van der Waals surface area contributed by atoms with E-state index in [1.54, 1.807) is 0 Å². The molecule has 0 aromatic heterocycles. The van der Waals surface area contributed by atoms with Crippen LogP contribution in [0.2, 0.25) is 15.1 Å². The van der Waals surface area contributed by atoms with E-state index in [4.69, 9.17) is 46.4 Å². The zero-order chi connectivity index (χ0) is 24.8. The molecule has 3 amide bonds. The number of amides is 3. The maximum Gasteiger partial charge on any atom is 0.326 e. The number of hydrogen-bond donors (Lipinski definition) is 4. The highest BCUT2D eigenvalue weighted by Gasteiger charge is 2.33. The van der Waals surface area contributed by atoms with Crippen LogP contribution in [0, 0.1) is 5.92 Å². The summed E-state index contributed by atoms with van der Waals surface area (Å²) in [4.78, 5) is 37.7. The van der Waals surface area contributed by atoms with Crippen molar-refractivity contribution in [3.05, 3.63) is 62.1 Å². The third-order valence-corrected chi connectivity index (χ3v) is 6.74. The Hall–Kier alpha value is -2.19. The number of carboxylic acid groups (broad SMARTS) is 1. The average molecular weight is 547 g/mol. The summed E-state index contributed by atoms with van der Waals surface area (Å²) >= 11 is 24.2. The van der Waals surface area contributed by atoms with Gasteiger partial charge in [-0.3, -0.25) is 4.79 Å². The summed E-state index contributed by atoms with van der Waals surface area (Å²) < 4.78 is 0. The van der Waals surface area contributed by atoms with E-state index in [1.165, 1.54) is 36.4 Å². The fourth-order valence-corrected chi connectivity index (χ4v) is 5.04. The lowest BCUT2D eigenvalue weighted by Gasteiger charge is -2.29. The Morgan fingerprint density at radius 1 is 0.971 bits per heavy atom. The van der Waals surface area contributed by atoms with Gasteiger partial charge in [0.1, 0.15) is 6.04 Å². The Labute approximate surface area is 217 Å². The van der Waals surface area contributed by atoms with Crippen molar-refractivity contribution in [2.24, 2.45) is 5.92 Å². The SMILES string of the molecule is O=C(Nc1c(Cl)cc(Cl)cc1Cl)NC1C=CC(Cl)=CC=C1C(=O)NC(C(=O)O)C1CCCCC1. The standard InChI is InChI=1S/C23H23Cl4N3O4/c24-13-6-8-15(21(31)29-19(22(32)33)12-4-2-1-3-5-12)18(9-7-13)28-23(34)30-20-16(26)10-14(25)11-17(20)27/h6-12,18-19H,1-5H2,(H,29,31)(H,32,33)(H2,28,30,34). The molecule has 7 nitrogen and oxygen atoms in total. The van der Waals surface area contributed by atoms with E-state index >= 15 is 0 Å². The zero-order valence-corrected chi connectivity index (χ0v) is 20.9. The van der Waals surface area contributed by atoms with Crippen molar-refractivity contribution >= 4 is 70.0 Å². The highest BCUT2D eigenvalue weighted by Crippen LogP contribution is 2.33. The number of hydrogen-bond acceptors (Lipinski definition) is 3. The summed E-state index contributed by atoms with van der Waals surface area (Å²) in [6.07, 6.45) is 10.4. The molecule has 2 atom stereocenters. The summed E-state index contributed by atoms with van der Waals surface area (Å²) in [5, 5.41) is 18.5. The van der Waals surface area contributed by atoms with Crippen molar-refractivity contribution in [1.29, 1.82) is 0 Å². The van der Waals surface area contributed by atoms with Gasteiger partial charge in [-0.05, 0) is 49.1 Å². The van der Waals surface area contributed by atoms with Crippen LogP contribution in [0.1, 0.15) is 32.1 Å². The van der Waals surface area contributed by atoms with Crippen LogP contribution < -0.4 is 16.0 Å². The van der Waals surface area contributed by atoms with Crippen LogP contribution in [0.4, 0.5) is 10.5 Å². The van der Waals surface area contributed by atoms with Gasteiger partial charge in [0.15, 0.2) is 0 Å². The monoisotopic (exact) mass is 545 g/mol. The molecule has 11 heteroatoms. The fourth-order valence-electron chi connectivity index (χ4n) is 3.99. The molecule has 1 fully saturated rings. The van der Waals surface area contributed by atoms with E-state index in [1.807, 2.05) is 0 Å². The third kappa shape index (κ3) is 6.92. The Morgan fingerprint density at radius 2 is 1.62 bits per heavy atom. The zero-order valence-electron chi connectivity index (χ0n) is 17.9. The van der Waals surface area contributed by atoms with Crippen LogP contribution >= 0.6 is 46.4 Å². The number of nitrogens with one attached hydrogen (secondary N) is 3. The largest absolute Gasteiger partial charge is 0.480 e. The van der Waals surface area contributed by atoms with Crippen molar-refractivity contribution in [3.63, 3.8) is 0 Å². The molecule has 0 saturated heterocycles. The number of carboxylic acids is 1. The molecule has 0 bridgehead atoms. The van der Waals surface area contributed by atoms with Crippen LogP contribution in [-0.4, -0.2) is 35.1 Å². The molecule has 182 valence electrons. The highest BCUT2D eigenvalue weighted by atomic mass is 35.5. The Bertz CT molecular complexity index is 1040. The van der Waals surface area contributed by atoms with Crippen molar-refractivity contribution in [1.82, 2.24) is 10.6 Å². The first-order chi connectivity index (χ1) is 16.2. The van der Waals surface area contributed by atoms with E-state index in [0.717, 1.165) is 32.1 Å². The minimum Gasteiger partial charge on any atom is -0.480 e. The van der Waals surface area contributed by atoms with Crippen LogP contribution in [-0.2, 0) is 9.59 Å². The Balaban J connectivity index is 1.77. The predicted octanol–water partition coefficient (Wildman–Crippen LogP) is 5.91. The number of rotatable bonds is 6. The molecular formula is C23H23Cl4N3O4. The molecule has 0 aliphatic heterocycles. The number of urea groups is 1. The molecule has 1 aromatic carbocycles. The van der Waals surface area contributed by atoms with E-state index < -0.39 is 30.0 Å². The van der Waals surface area contributed by atoms with Crippen LogP contribution in [0.15, 0.2) is 47.0 Å². The van der Waals surface area contributed by atoms with Crippen molar-refractivity contribution < 1.29 is 19.5 Å². The third-order valence-electron chi connectivity index (χ3n) is 5.67. The van der Waals surface area contributed by atoms with Gasteiger partial charge in [-0.25, -0.2) is 9.59 Å². The average Bonchev–Trinajstić information content (AvgIpc) is 2.96. The van der Waals surface area contributed by atoms with Crippen molar-refractivity contribution in [2.45, 2.75) is 44.2 Å². The summed E-state index contributed by atoms with van der Waals surface area (Å²) in [5.41, 5.74) is 0.273. The van der Waals surface area contributed by atoms with E-state index in [-0.39, 0.29) is 27.2 Å². The molecule has 1 saturated carbocycles. The van der Waals surface area contributed by atoms with E-state index in [2.05, 4.69) is 16.0 Å². The van der Waals surface area contributed by atoms with Gasteiger partial charge in [-0.2, -0.15) is 0 Å². The van der Waals surface area contributed by atoms with Crippen LogP contribution in [0.25, 0.3) is 0 Å². The molecule has 3 rings (SSSR count). The molecule has 0 heterocycles. The molecule has 4 N–H and O–H groups in total. The predicted molar refractivity (Wildman–Crippen MR) is 135 cm³/mol. The topological polar surface area (TPSA) is 108 Å². The number of allylic oxidation sites excluding steroid dienone is 4. The second kappa shape index (κ2) is 12.0. The van der Waals surface area contributed by atoms with Crippen LogP contribution in [0.3, 0.4) is 0 Å². The van der Waals surface area contributed by atoms with Gasteiger partial charge in [0, 0.05) is 15.6 Å². The van der Waals surface area contributed by atoms with Crippen molar-refractivity contribution in [2.75, 3.05) is 5.32 Å². The highest BCUT2D eigenvalue weighted by molar-refractivity contribution is 6.42. The molecular weight excluding hydrogens is 524 g/mol. The summed E-state index contributed by atoms with van der Waals surface area (Å²) in [7, 11) is 0. The van der Waals surface area contributed by atoms with Gasteiger partial charge in [0.25, 0.3) is 0 Å². The number of aliphatic carboxylic acids is 1. The normalized spacial score (nSPS) is 19.4. The lowest BCUT2D eigenvalue weighted by atomic mass is 9.83. The van der Waals surface area contributed by atoms with Gasteiger partial charge in [0.2, 0.25) is 5.91 Å². The number of anilines is 1. The van der Waals surface area contributed by atoms with Crippen LogP contribution in [0.5, 0.6) is 0 Å². The van der Waals surface area contributed by atoms with Gasteiger partial charge < -0.3 is 21.1 Å². The lowest BCUT2D eigenvalue weighted by Crippen LogP contribution is -2.49. The number of benzene rings is 1. The summed E-state index contributed by atoms with van der Waals surface area (Å²) in [6.45, 7) is 0. The lowest BCUT2D eigenvalue weighted by molar-refractivity contribution is -0.143. The Morgan fingerprint density at radius 3 is 2.24 bits per heavy atom. The minimum atomic E-state index is -1.09. The fraction of sp³-hybridized carbons (Fsp3) is 0.348. The van der Waals surface area contributed by atoms with Gasteiger partial charge in [0.05, 0.1) is 21.8 Å². The van der Waals surface area contributed by atoms with Gasteiger partial charge >= 0.3 is 12.0 Å². The smallest absolute Gasteiger partial charge is 0.326 e. The molecule has 1 aromatic rings. The number of halogens is 4. The summed E-state index contributed by atoms with van der Waals surface area (Å²) in [6, 6.07) is 0.227. The minimum absolute atomic E-state index is 0.123. The van der Waals surface area contributed by atoms with Crippen molar-refractivity contribution in [3.8, 4) is 0 Å². The maximum atomic E-state index is 13.1. The first kappa shape index (κ1) is 26.4. The molecule has 0 radical (unpaired) electrons. The molecule has 34 heavy (non-hydrogen) atoms. The first-order valence-electron chi connectivity index (χ1n) is 10.7. The second-order valence-corrected chi connectivity index (χ2v) is 9.73. The van der Waals surface area contributed by atoms with Gasteiger partial charge in [-0.15, -0.1) is 0 Å². The molecule has 2 aliphatic carbocycles. The van der Waals surface area contributed by atoms with E-state index in [9.17, 15) is 19.5 Å². The van der Waals surface area contributed by atoms with Gasteiger partial charge in [-0.1, -0.05) is 71.7 Å². The number of carbonyl (C=O) groups excluding carboxylic acids is 2. The second-order valence-electron chi connectivity index (χ2n) is 8.04. The Kier molecular flexibility index (Phi) is 9.31. The number of carbonyl (C=O) groups is 3. The maximum absolute atomic E-state index is 13.1. The molecule has 2 aliphatic rings. The van der Waals surface area contributed by atoms with E-state index in [0.29, 0.717) is 10.1 Å².